The summed E-state index contributed by atoms with van der Waals surface area (Å²) >= 11 is 7.13. The van der Waals surface area contributed by atoms with Crippen molar-refractivity contribution in [3.63, 3.8) is 0 Å². The summed E-state index contributed by atoms with van der Waals surface area (Å²) in [6.45, 7) is -0.255. The highest BCUT2D eigenvalue weighted by molar-refractivity contribution is 7.11. The van der Waals surface area contributed by atoms with Crippen molar-refractivity contribution in [1.29, 1.82) is 0 Å². The fraction of sp³-hybridized carbons (Fsp3) is 0.0769. The molecule has 6 heteroatoms. The maximum absolute atomic E-state index is 11.9. The van der Waals surface area contributed by atoms with E-state index in [-0.39, 0.29) is 12.5 Å². The first-order chi connectivity index (χ1) is 9.20. The number of nitrogens with one attached hydrogen (secondary N) is 1. The molecule has 1 aromatic carbocycles. The molecule has 0 aliphatic heterocycles. The summed E-state index contributed by atoms with van der Waals surface area (Å²) in [4.78, 5) is 16.3. The minimum Gasteiger partial charge on any atom is -0.384 e. The summed E-state index contributed by atoms with van der Waals surface area (Å²) in [5.41, 5.74) is 2.69. The number of nitrogens with zero attached hydrogens (tertiary/aromatic N) is 1. The number of hydrogen-bond donors (Lipinski definition) is 2. The summed E-state index contributed by atoms with van der Waals surface area (Å²) < 4.78 is 0. The molecule has 0 saturated heterocycles. The molecule has 0 bridgehead atoms. The normalized spacial score (nSPS) is 9.58. The summed E-state index contributed by atoms with van der Waals surface area (Å²) in [6, 6.07) is 4.96. The van der Waals surface area contributed by atoms with Gasteiger partial charge in [-0.25, -0.2) is 0 Å². The molecule has 1 heterocycles. The van der Waals surface area contributed by atoms with Crippen LogP contribution in [0, 0.1) is 11.8 Å². The number of halogens is 1. The van der Waals surface area contributed by atoms with Crippen LogP contribution in [0.25, 0.3) is 0 Å². The van der Waals surface area contributed by atoms with E-state index in [1.165, 1.54) is 17.5 Å². The second-order valence-corrected chi connectivity index (χ2v) is 4.79. The molecule has 0 unspecified atom stereocenters. The van der Waals surface area contributed by atoms with Gasteiger partial charge in [0, 0.05) is 10.6 Å². The highest BCUT2D eigenvalue weighted by Crippen LogP contribution is 2.21. The second-order valence-electron chi connectivity index (χ2n) is 3.47. The zero-order chi connectivity index (χ0) is 13.7. The average molecular weight is 293 g/mol. The average Bonchev–Trinajstić information content (AvgIpc) is 2.93. The number of rotatable bonds is 2. The molecular formula is C13H9ClN2O2S. The SMILES string of the molecule is O=C(Nc1ccc(Cl)cc1C#CCO)c1cncs1. The number of amides is 1. The Hall–Kier alpha value is -1.87. The van der Waals surface area contributed by atoms with Gasteiger partial charge in [-0.15, -0.1) is 11.3 Å². The summed E-state index contributed by atoms with van der Waals surface area (Å²) in [7, 11) is 0. The molecule has 19 heavy (non-hydrogen) atoms. The Labute approximate surface area is 119 Å². The van der Waals surface area contributed by atoms with Crippen molar-refractivity contribution >= 4 is 34.5 Å². The molecule has 2 aromatic rings. The largest absolute Gasteiger partial charge is 0.384 e. The van der Waals surface area contributed by atoms with E-state index < -0.39 is 0 Å². The van der Waals surface area contributed by atoms with Gasteiger partial charge in [-0.1, -0.05) is 23.4 Å². The maximum atomic E-state index is 11.9. The van der Waals surface area contributed by atoms with Crippen LogP contribution in [0.3, 0.4) is 0 Å². The Balaban J connectivity index is 2.27. The number of aliphatic hydroxyl groups is 1. The van der Waals surface area contributed by atoms with E-state index in [2.05, 4.69) is 22.1 Å². The lowest BCUT2D eigenvalue weighted by Gasteiger charge is -2.06. The third kappa shape index (κ3) is 3.55. The first-order valence-corrected chi connectivity index (χ1v) is 6.55. The number of hydrogen-bond acceptors (Lipinski definition) is 4. The molecule has 0 fully saturated rings. The van der Waals surface area contributed by atoms with Crippen molar-refractivity contribution in [2.24, 2.45) is 0 Å². The van der Waals surface area contributed by atoms with Gasteiger partial charge in [-0.3, -0.25) is 9.78 Å². The van der Waals surface area contributed by atoms with Gasteiger partial charge in [-0.2, -0.15) is 0 Å². The smallest absolute Gasteiger partial charge is 0.267 e. The Morgan fingerprint density at radius 3 is 3.05 bits per heavy atom. The second kappa shape index (κ2) is 6.34. The van der Waals surface area contributed by atoms with Crippen LogP contribution in [0.2, 0.25) is 5.02 Å². The first-order valence-electron chi connectivity index (χ1n) is 5.30. The van der Waals surface area contributed by atoms with Gasteiger partial charge in [0.2, 0.25) is 0 Å². The maximum Gasteiger partial charge on any atom is 0.267 e. The van der Waals surface area contributed by atoms with Crippen LogP contribution >= 0.6 is 22.9 Å². The Morgan fingerprint density at radius 2 is 2.37 bits per heavy atom. The van der Waals surface area contributed by atoms with E-state index in [1.807, 2.05) is 0 Å². The standard InChI is InChI=1S/C13H9ClN2O2S/c14-10-3-4-11(9(6-10)2-1-5-17)16-13(18)12-7-15-8-19-12/h3-4,6-8,17H,5H2,(H,16,18). The molecule has 1 aromatic heterocycles. The number of thiazole rings is 1. The van der Waals surface area contributed by atoms with E-state index in [4.69, 9.17) is 16.7 Å². The Kier molecular flexibility index (Phi) is 4.53. The van der Waals surface area contributed by atoms with Crippen LogP contribution < -0.4 is 5.32 Å². The molecule has 0 aliphatic rings. The number of benzene rings is 1. The van der Waals surface area contributed by atoms with Crippen LogP contribution in [-0.4, -0.2) is 22.6 Å². The molecular weight excluding hydrogens is 284 g/mol. The van der Waals surface area contributed by atoms with Crippen molar-refractivity contribution < 1.29 is 9.90 Å². The number of carbonyl (C=O) groups excluding carboxylic acids is 1. The van der Waals surface area contributed by atoms with E-state index in [1.54, 1.807) is 23.7 Å². The first kappa shape index (κ1) is 13.6. The molecule has 2 N–H and O–H groups in total. The van der Waals surface area contributed by atoms with Crippen molar-refractivity contribution in [3.8, 4) is 11.8 Å². The predicted molar refractivity (Wildman–Crippen MR) is 75.5 cm³/mol. The third-order valence-electron chi connectivity index (χ3n) is 2.19. The van der Waals surface area contributed by atoms with Crippen LogP contribution in [-0.2, 0) is 0 Å². The highest BCUT2D eigenvalue weighted by Gasteiger charge is 2.10. The molecule has 0 atom stereocenters. The van der Waals surface area contributed by atoms with Gasteiger partial charge >= 0.3 is 0 Å². The Morgan fingerprint density at radius 1 is 1.53 bits per heavy atom. The van der Waals surface area contributed by atoms with Gasteiger partial charge in [0.05, 0.1) is 17.4 Å². The zero-order valence-corrected chi connectivity index (χ0v) is 11.3. The quantitative estimate of drug-likeness (QED) is 0.836. The number of carbonyl (C=O) groups is 1. The predicted octanol–water partition coefficient (Wildman–Crippen LogP) is 2.39. The van der Waals surface area contributed by atoms with Gasteiger partial charge in [0.15, 0.2) is 0 Å². The van der Waals surface area contributed by atoms with Crippen molar-refractivity contribution in [1.82, 2.24) is 4.98 Å². The number of anilines is 1. The lowest BCUT2D eigenvalue weighted by molar-refractivity contribution is 0.103. The molecule has 0 aliphatic carbocycles. The van der Waals surface area contributed by atoms with Crippen LogP contribution in [0.4, 0.5) is 5.69 Å². The molecule has 0 radical (unpaired) electrons. The molecule has 0 spiro atoms. The van der Waals surface area contributed by atoms with Crippen molar-refractivity contribution in [3.05, 3.63) is 45.4 Å². The van der Waals surface area contributed by atoms with E-state index in [0.29, 0.717) is 21.2 Å². The van der Waals surface area contributed by atoms with Gasteiger partial charge in [-0.05, 0) is 18.2 Å². The van der Waals surface area contributed by atoms with E-state index in [9.17, 15) is 4.79 Å². The number of aliphatic hydroxyl groups excluding tert-OH is 1. The van der Waals surface area contributed by atoms with Crippen LogP contribution in [0.15, 0.2) is 29.9 Å². The molecule has 1 amide bonds. The Bertz CT molecular complexity index is 644. The van der Waals surface area contributed by atoms with Crippen LogP contribution in [0.1, 0.15) is 15.2 Å². The lowest BCUT2D eigenvalue weighted by atomic mass is 10.2. The fourth-order valence-corrected chi connectivity index (χ4v) is 2.06. The van der Waals surface area contributed by atoms with Gasteiger partial charge in [0.25, 0.3) is 5.91 Å². The summed E-state index contributed by atoms with van der Waals surface area (Å²) in [5, 5.41) is 12.0. The van der Waals surface area contributed by atoms with Crippen molar-refractivity contribution in [2.75, 3.05) is 11.9 Å². The molecule has 0 saturated carbocycles. The zero-order valence-electron chi connectivity index (χ0n) is 9.68. The van der Waals surface area contributed by atoms with Crippen LogP contribution in [0.5, 0.6) is 0 Å². The van der Waals surface area contributed by atoms with E-state index >= 15 is 0 Å². The molecule has 4 nitrogen and oxygen atoms in total. The lowest BCUT2D eigenvalue weighted by Crippen LogP contribution is -2.11. The van der Waals surface area contributed by atoms with Gasteiger partial charge < -0.3 is 10.4 Å². The third-order valence-corrected chi connectivity index (χ3v) is 3.20. The molecule has 96 valence electrons. The topological polar surface area (TPSA) is 62.2 Å². The van der Waals surface area contributed by atoms with Gasteiger partial charge in [0.1, 0.15) is 11.5 Å². The minimum absolute atomic E-state index is 0.253. The minimum atomic E-state index is -0.255. The van der Waals surface area contributed by atoms with E-state index in [0.717, 1.165) is 0 Å². The summed E-state index contributed by atoms with van der Waals surface area (Å²) in [5.74, 6) is 5.02. The number of aromatic nitrogens is 1. The highest BCUT2D eigenvalue weighted by atomic mass is 35.5. The molecule has 2 rings (SSSR count). The fourth-order valence-electron chi connectivity index (χ4n) is 1.38. The van der Waals surface area contributed by atoms with Crippen molar-refractivity contribution in [2.45, 2.75) is 0 Å². The summed E-state index contributed by atoms with van der Waals surface area (Å²) in [6.07, 6.45) is 1.50. The monoisotopic (exact) mass is 292 g/mol.